The zero-order chi connectivity index (χ0) is 36.8. The van der Waals surface area contributed by atoms with Crippen LogP contribution in [-0.4, -0.2) is 0 Å². The summed E-state index contributed by atoms with van der Waals surface area (Å²) < 4.78 is 21.9. The van der Waals surface area contributed by atoms with Crippen LogP contribution in [0.25, 0.3) is 44.1 Å². The Morgan fingerprint density at radius 1 is 0.698 bits per heavy atom. The quantitative estimate of drug-likeness (QED) is 0.147. The maximum absolute atomic E-state index is 16.7. The highest BCUT2D eigenvalue weighted by atomic mass is 19.1. The van der Waals surface area contributed by atoms with Crippen molar-refractivity contribution in [3.05, 3.63) is 130 Å². The van der Waals surface area contributed by atoms with Gasteiger partial charge in [-0.15, -0.1) is 0 Å². The summed E-state index contributed by atoms with van der Waals surface area (Å²) in [4.78, 5) is 0. The van der Waals surface area contributed by atoms with Crippen LogP contribution in [0.4, 0.5) is 4.39 Å². The Kier molecular flexibility index (Phi) is 6.81. The summed E-state index contributed by atoms with van der Waals surface area (Å²) in [6.07, 6.45) is 11.1. The molecule has 0 fully saturated rings. The summed E-state index contributed by atoms with van der Waals surface area (Å²) >= 11 is 0. The summed E-state index contributed by atoms with van der Waals surface area (Å²) in [7, 11) is 0. The van der Waals surface area contributed by atoms with Crippen LogP contribution in [0.2, 0.25) is 0 Å². The van der Waals surface area contributed by atoms with Gasteiger partial charge in [0.15, 0.2) is 24.5 Å². The molecule has 4 heterocycles. The van der Waals surface area contributed by atoms with Crippen molar-refractivity contribution < 1.29 is 13.5 Å². The van der Waals surface area contributed by atoms with E-state index in [4.69, 9.17) is 0 Å². The number of hydrogen-bond acceptors (Lipinski definition) is 0. The van der Waals surface area contributed by atoms with E-state index in [-0.39, 0.29) is 22.2 Å². The standard InChI is InChI=1S/C50H53FN2/c1-9-12-15-30-20-21-37-42-34(30)25-27-53-46(42)43-38(22-23-39(51)44(43)48(37,6)7)50(11-3,49(53,8)10-2)28-32-29-52-26-24-31-16-13-18-35-40(31)45(52)41-33(32)17-14-19-36(41)47(35,4)5/h13-14,16-27,32H,9-12,15,28-29H2,1-8H3/q+2. The second kappa shape index (κ2) is 10.9. The summed E-state index contributed by atoms with van der Waals surface area (Å²) in [6.45, 7) is 19.9. The molecule has 2 aromatic heterocycles. The molecule has 0 saturated carbocycles. The second-order valence-corrected chi connectivity index (χ2v) is 18.1. The number of rotatable bonds is 7. The number of unbranched alkanes of at least 4 members (excludes halogenated alkanes) is 1. The van der Waals surface area contributed by atoms with Crippen LogP contribution in [0.1, 0.15) is 132 Å². The normalized spacial score (nSPS) is 23.5. The van der Waals surface area contributed by atoms with Crippen LogP contribution < -0.4 is 9.13 Å². The van der Waals surface area contributed by atoms with Gasteiger partial charge in [0.2, 0.25) is 11.4 Å². The largest absolute Gasteiger partial charge is 0.221 e. The molecule has 2 nitrogen and oxygen atoms in total. The molecule has 2 aliphatic heterocycles. The van der Waals surface area contributed by atoms with Gasteiger partial charge in [-0.2, -0.15) is 9.13 Å². The summed E-state index contributed by atoms with van der Waals surface area (Å²) in [5, 5.41) is 5.44. The van der Waals surface area contributed by atoms with Gasteiger partial charge in [0.25, 0.3) is 0 Å². The van der Waals surface area contributed by atoms with Crippen molar-refractivity contribution in [2.24, 2.45) is 0 Å². The molecule has 4 aliphatic rings. The Labute approximate surface area is 314 Å². The van der Waals surface area contributed by atoms with Crippen molar-refractivity contribution >= 4 is 21.5 Å². The molecule has 3 unspecified atom stereocenters. The van der Waals surface area contributed by atoms with Crippen molar-refractivity contribution in [3.8, 4) is 22.5 Å². The molecular formula is C50H53FN2+2. The molecule has 2 aliphatic carbocycles. The van der Waals surface area contributed by atoms with Crippen LogP contribution >= 0.6 is 0 Å². The molecule has 10 rings (SSSR count). The highest BCUT2D eigenvalue weighted by molar-refractivity contribution is 6.03. The number of nitrogens with zero attached hydrogens (tertiary/aromatic N) is 2. The van der Waals surface area contributed by atoms with Gasteiger partial charge in [-0.3, -0.25) is 0 Å². The summed E-state index contributed by atoms with van der Waals surface area (Å²) in [6, 6.07) is 27.5. The average Bonchev–Trinajstić information content (AvgIpc) is 3.16. The molecular weight excluding hydrogens is 648 g/mol. The second-order valence-electron chi connectivity index (χ2n) is 18.1. The first-order valence-electron chi connectivity index (χ1n) is 20.4. The number of benzene rings is 4. The molecule has 0 radical (unpaired) electrons. The maximum Gasteiger partial charge on any atom is 0.221 e. The van der Waals surface area contributed by atoms with E-state index < -0.39 is 5.41 Å². The maximum atomic E-state index is 16.7. The van der Waals surface area contributed by atoms with Crippen molar-refractivity contribution in [3.63, 3.8) is 0 Å². The Hall–Kier alpha value is -4.37. The van der Waals surface area contributed by atoms with Crippen molar-refractivity contribution in [1.29, 1.82) is 0 Å². The average molecular weight is 701 g/mol. The van der Waals surface area contributed by atoms with Crippen LogP contribution in [0.5, 0.6) is 0 Å². The van der Waals surface area contributed by atoms with Crippen molar-refractivity contribution in [2.75, 3.05) is 0 Å². The smallest absolute Gasteiger partial charge is 0.207 e. The van der Waals surface area contributed by atoms with Crippen molar-refractivity contribution in [1.82, 2.24) is 0 Å². The minimum Gasteiger partial charge on any atom is -0.207 e. The predicted molar refractivity (Wildman–Crippen MR) is 215 cm³/mol. The summed E-state index contributed by atoms with van der Waals surface area (Å²) in [5.41, 5.74) is 13.5. The van der Waals surface area contributed by atoms with E-state index in [0.29, 0.717) is 5.92 Å². The molecule has 268 valence electrons. The van der Waals surface area contributed by atoms with E-state index in [1.807, 2.05) is 6.07 Å². The molecule has 6 aromatic rings. The Balaban J connectivity index is 1.25. The van der Waals surface area contributed by atoms with Crippen molar-refractivity contribution in [2.45, 2.75) is 128 Å². The minimum absolute atomic E-state index is 0.0766. The Morgan fingerprint density at radius 3 is 2.23 bits per heavy atom. The van der Waals surface area contributed by atoms with E-state index in [9.17, 15) is 0 Å². The topological polar surface area (TPSA) is 7.76 Å². The molecule has 3 heteroatoms. The lowest BCUT2D eigenvalue weighted by molar-refractivity contribution is -0.765. The number of aryl methyl sites for hydroxylation is 1. The monoisotopic (exact) mass is 700 g/mol. The van der Waals surface area contributed by atoms with Gasteiger partial charge in [0.1, 0.15) is 5.82 Å². The van der Waals surface area contributed by atoms with Crippen LogP contribution in [0.3, 0.4) is 0 Å². The van der Waals surface area contributed by atoms with Gasteiger partial charge >= 0.3 is 0 Å². The van der Waals surface area contributed by atoms with E-state index in [0.717, 1.165) is 37.8 Å². The molecule has 0 amide bonds. The van der Waals surface area contributed by atoms with Gasteiger partial charge in [0, 0.05) is 47.8 Å². The molecule has 3 atom stereocenters. The fourth-order valence-electron chi connectivity index (χ4n) is 12.3. The highest BCUT2D eigenvalue weighted by Crippen LogP contribution is 2.61. The van der Waals surface area contributed by atoms with Gasteiger partial charge < -0.3 is 0 Å². The first-order chi connectivity index (χ1) is 25.4. The fraction of sp³-hybridized carbons (Fsp3) is 0.400. The Bertz CT molecular complexity index is 2570. The molecule has 4 aromatic carbocycles. The van der Waals surface area contributed by atoms with E-state index in [1.165, 1.54) is 90.3 Å². The first-order valence-corrected chi connectivity index (χ1v) is 20.4. The zero-order valence-corrected chi connectivity index (χ0v) is 32.9. The predicted octanol–water partition coefficient (Wildman–Crippen LogP) is 11.6. The van der Waals surface area contributed by atoms with Gasteiger partial charge in [-0.25, -0.2) is 4.39 Å². The number of hydrogen-bond donors (Lipinski definition) is 0. The molecule has 0 spiro atoms. The van der Waals surface area contributed by atoms with Crippen LogP contribution in [-0.2, 0) is 34.7 Å². The SMILES string of the molecule is CCCCc1ccc2c3c4[n+](ccc13)C(C)(CC)C(CC)(CC1C[n+]3ccc5cccc6c5c3-c3c1cccc3C6(C)C)c1ccc(F)c(c1-4)C2(C)C. The highest BCUT2D eigenvalue weighted by Gasteiger charge is 2.63. The third-order valence-corrected chi connectivity index (χ3v) is 15.3. The fourth-order valence-corrected chi connectivity index (χ4v) is 12.3. The van der Waals surface area contributed by atoms with Gasteiger partial charge in [0.05, 0.1) is 27.3 Å². The summed E-state index contributed by atoms with van der Waals surface area (Å²) in [5.74, 6) is 0.218. The lowest BCUT2D eigenvalue weighted by Crippen LogP contribution is -2.69. The van der Waals surface area contributed by atoms with Gasteiger partial charge in [-0.05, 0) is 75.9 Å². The number of halogens is 1. The number of pyridine rings is 2. The van der Waals surface area contributed by atoms with Gasteiger partial charge in [-0.1, -0.05) is 109 Å². The zero-order valence-electron chi connectivity index (χ0n) is 32.9. The van der Waals surface area contributed by atoms with Crippen LogP contribution in [0.15, 0.2) is 85.2 Å². The third kappa shape index (κ3) is 3.89. The van der Waals surface area contributed by atoms with E-state index in [2.05, 4.69) is 144 Å². The Morgan fingerprint density at radius 2 is 1.45 bits per heavy atom. The lowest BCUT2D eigenvalue weighted by Gasteiger charge is -2.52. The number of aromatic nitrogens is 2. The van der Waals surface area contributed by atoms with E-state index in [1.54, 1.807) is 0 Å². The van der Waals surface area contributed by atoms with Crippen LogP contribution in [0, 0.1) is 5.82 Å². The molecule has 0 bridgehead atoms. The molecule has 0 N–H and O–H groups in total. The molecule has 53 heavy (non-hydrogen) atoms. The van der Waals surface area contributed by atoms with E-state index >= 15 is 4.39 Å². The third-order valence-electron chi connectivity index (χ3n) is 15.3. The molecule has 0 saturated heterocycles. The lowest BCUT2D eigenvalue weighted by atomic mass is 9.53. The minimum atomic E-state index is -0.467. The first kappa shape index (κ1) is 33.2.